The fourth-order valence-corrected chi connectivity index (χ4v) is 3.93. The van der Waals surface area contributed by atoms with E-state index in [1.165, 1.54) is 12.1 Å². The first-order valence-electron chi connectivity index (χ1n) is 10.3. The molecule has 6 heteroatoms. The number of rotatable bonds is 6. The molecule has 0 spiro atoms. The van der Waals surface area contributed by atoms with Crippen molar-refractivity contribution >= 4 is 27.8 Å². The summed E-state index contributed by atoms with van der Waals surface area (Å²) >= 11 is 0. The normalized spacial score (nSPS) is 11.4. The number of amides is 1. The summed E-state index contributed by atoms with van der Waals surface area (Å²) in [5.41, 5.74) is 4.94. The zero-order valence-electron chi connectivity index (χ0n) is 17.8. The molecule has 0 fully saturated rings. The van der Waals surface area contributed by atoms with Crippen LogP contribution in [0.1, 0.15) is 34.2 Å². The van der Waals surface area contributed by atoms with E-state index in [9.17, 15) is 14.0 Å². The molecule has 0 aliphatic carbocycles. The maximum atomic E-state index is 13.0. The molecule has 0 aliphatic rings. The second-order valence-corrected chi connectivity index (χ2v) is 7.89. The summed E-state index contributed by atoms with van der Waals surface area (Å²) in [5, 5.41) is 4.71. The highest BCUT2D eigenvalue weighted by atomic mass is 19.1. The number of carbonyl (C=O) groups excluding carboxylic acids is 1. The number of carbonyl (C=O) groups is 1. The topological polar surface area (TPSA) is 72.5 Å². The molecule has 1 N–H and O–H groups in total. The molecule has 2 aromatic heterocycles. The van der Waals surface area contributed by atoms with E-state index in [1.807, 2.05) is 26.8 Å². The van der Waals surface area contributed by atoms with Crippen molar-refractivity contribution in [1.82, 2.24) is 5.32 Å². The van der Waals surface area contributed by atoms with E-state index in [2.05, 4.69) is 5.32 Å². The molecule has 4 aromatic rings. The number of halogens is 1. The quantitative estimate of drug-likeness (QED) is 0.450. The van der Waals surface area contributed by atoms with Crippen LogP contribution in [0.3, 0.4) is 0 Å². The molecule has 0 saturated heterocycles. The minimum atomic E-state index is -0.421. The smallest absolute Gasteiger partial charge is 0.339 e. The summed E-state index contributed by atoms with van der Waals surface area (Å²) in [5.74, 6) is -0.422. The number of fused-ring (bicyclic) bond motifs is 2. The van der Waals surface area contributed by atoms with Crippen molar-refractivity contribution in [2.75, 3.05) is 6.54 Å². The van der Waals surface area contributed by atoms with E-state index >= 15 is 0 Å². The van der Waals surface area contributed by atoms with Crippen LogP contribution < -0.4 is 10.9 Å². The lowest BCUT2D eigenvalue weighted by Gasteiger charge is -2.10. The number of benzene rings is 2. The van der Waals surface area contributed by atoms with E-state index in [-0.39, 0.29) is 18.1 Å². The number of hydrogen-bond donors (Lipinski definition) is 1. The van der Waals surface area contributed by atoms with Gasteiger partial charge in [0.05, 0.1) is 6.26 Å². The standard InChI is InChI=1S/C25H24FNO4/c1-14-13-30-23-16(3)24-21(12-20(14)23)15(2)19(25(29)31-24)8-9-22(28)27-11-10-17-4-6-18(26)7-5-17/h4-7,12-13H,8-11H2,1-3H3,(H,27,28). The Hall–Kier alpha value is -3.41. The van der Waals surface area contributed by atoms with Gasteiger partial charge in [0.25, 0.3) is 0 Å². The van der Waals surface area contributed by atoms with Gasteiger partial charge in [-0.25, -0.2) is 9.18 Å². The van der Waals surface area contributed by atoms with Gasteiger partial charge in [-0.2, -0.15) is 0 Å². The van der Waals surface area contributed by atoms with Gasteiger partial charge in [0.2, 0.25) is 5.91 Å². The first-order chi connectivity index (χ1) is 14.8. The van der Waals surface area contributed by atoms with Gasteiger partial charge in [-0.3, -0.25) is 4.79 Å². The molecule has 31 heavy (non-hydrogen) atoms. The minimum Gasteiger partial charge on any atom is -0.464 e. The maximum Gasteiger partial charge on any atom is 0.339 e. The first kappa shape index (κ1) is 20.8. The third-order valence-electron chi connectivity index (χ3n) is 5.79. The average Bonchev–Trinajstić information content (AvgIpc) is 3.11. The van der Waals surface area contributed by atoms with Crippen LogP contribution in [0.15, 0.2) is 50.2 Å². The summed E-state index contributed by atoms with van der Waals surface area (Å²) in [6.45, 7) is 6.20. The molecule has 0 aliphatic heterocycles. The van der Waals surface area contributed by atoms with E-state index in [4.69, 9.17) is 8.83 Å². The van der Waals surface area contributed by atoms with E-state index in [1.54, 1.807) is 18.4 Å². The summed E-state index contributed by atoms with van der Waals surface area (Å²) < 4.78 is 24.2. The zero-order chi connectivity index (χ0) is 22.1. The third kappa shape index (κ3) is 4.10. The summed E-state index contributed by atoms with van der Waals surface area (Å²) in [4.78, 5) is 24.9. The molecule has 0 unspecified atom stereocenters. The van der Waals surface area contributed by atoms with Crippen LogP contribution in [0, 0.1) is 26.6 Å². The molecule has 2 heterocycles. The minimum absolute atomic E-state index is 0.140. The molecule has 0 bridgehead atoms. The Balaban J connectivity index is 1.48. The van der Waals surface area contributed by atoms with Gasteiger partial charge < -0.3 is 14.2 Å². The van der Waals surface area contributed by atoms with Crippen LogP contribution in [0.5, 0.6) is 0 Å². The maximum absolute atomic E-state index is 13.0. The van der Waals surface area contributed by atoms with Crippen molar-refractivity contribution in [3.8, 4) is 0 Å². The van der Waals surface area contributed by atoms with Gasteiger partial charge in [-0.15, -0.1) is 0 Å². The van der Waals surface area contributed by atoms with Gasteiger partial charge in [0.15, 0.2) is 0 Å². The highest BCUT2D eigenvalue weighted by Crippen LogP contribution is 2.32. The number of nitrogens with one attached hydrogen (secondary N) is 1. The van der Waals surface area contributed by atoms with Gasteiger partial charge in [0, 0.05) is 34.9 Å². The highest BCUT2D eigenvalue weighted by molar-refractivity contribution is 5.99. The molecular formula is C25H24FNO4. The van der Waals surface area contributed by atoms with Crippen molar-refractivity contribution in [1.29, 1.82) is 0 Å². The van der Waals surface area contributed by atoms with Crippen LogP contribution in [0.2, 0.25) is 0 Å². The second-order valence-electron chi connectivity index (χ2n) is 7.89. The molecule has 4 rings (SSSR count). The van der Waals surface area contributed by atoms with Crippen LogP contribution in [-0.4, -0.2) is 12.5 Å². The Morgan fingerprint density at radius 2 is 1.74 bits per heavy atom. The zero-order valence-corrected chi connectivity index (χ0v) is 17.8. The first-order valence-corrected chi connectivity index (χ1v) is 10.3. The van der Waals surface area contributed by atoms with Crippen molar-refractivity contribution < 1.29 is 18.0 Å². The van der Waals surface area contributed by atoms with Gasteiger partial charge >= 0.3 is 5.63 Å². The third-order valence-corrected chi connectivity index (χ3v) is 5.79. The van der Waals surface area contributed by atoms with Gasteiger partial charge in [0.1, 0.15) is 17.0 Å². The van der Waals surface area contributed by atoms with Crippen molar-refractivity contribution in [2.45, 2.75) is 40.0 Å². The average molecular weight is 421 g/mol. The molecule has 0 radical (unpaired) electrons. The lowest BCUT2D eigenvalue weighted by atomic mass is 9.98. The van der Waals surface area contributed by atoms with Crippen molar-refractivity contribution in [2.24, 2.45) is 0 Å². The van der Waals surface area contributed by atoms with Crippen LogP contribution in [0.25, 0.3) is 21.9 Å². The Morgan fingerprint density at radius 1 is 1.00 bits per heavy atom. The molecular weight excluding hydrogens is 397 g/mol. The van der Waals surface area contributed by atoms with Crippen LogP contribution in [0.4, 0.5) is 4.39 Å². The van der Waals surface area contributed by atoms with E-state index in [0.717, 1.165) is 38.6 Å². The highest BCUT2D eigenvalue weighted by Gasteiger charge is 2.18. The lowest BCUT2D eigenvalue weighted by molar-refractivity contribution is -0.121. The molecule has 1 amide bonds. The fraction of sp³-hybridized carbons (Fsp3) is 0.280. The predicted molar refractivity (Wildman–Crippen MR) is 118 cm³/mol. The number of furan rings is 1. The second kappa shape index (κ2) is 8.38. The summed E-state index contributed by atoms with van der Waals surface area (Å²) in [6.07, 6.45) is 2.80. The molecule has 0 atom stereocenters. The summed E-state index contributed by atoms with van der Waals surface area (Å²) in [6, 6.07) is 8.19. The van der Waals surface area contributed by atoms with Crippen molar-refractivity contribution in [3.63, 3.8) is 0 Å². The number of aryl methyl sites for hydroxylation is 3. The van der Waals surface area contributed by atoms with Crippen LogP contribution in [-0.2, 0) is 17.6 Å². The molecule has 160 valence electrons. The van der Waals surface area contributed by atoms with E-state index < -0.39 is 5.63 Å². The molecule has 2 aromatic carbocycles. The summed E-state index contributed by atoms with van der Waals surface area (Å²) in [7, 11) is 0. The van der Waals surface area contributed by atoms with E-state index in [0.29, 0.717) is 30.5 Å². The molecule has 5 nitrogen and oxygen atoms in total. The SMILES string of the molecule is Cc1coc2c(C)c3oc(=O)c(CCC(=O)NCCc4ccc(F)cc4)c(C)c3cc12. The fourth-order valence-electron chi connectivity index (χ4n) is 3.93. The lowest BCUT2D eigenvalue weighted by Crippen LogP contribution is -2.26. The Kier molecular flexibility index (Phi) is 5.63. The van der Waals surface area contributed by atoms with Crippen molar-refractivity contribution in [3.05, 3.63) is 80.6 Å². The van der Waals surface area contributed by atoms with Gasteiger partial charge in [-0.1, -0.05) is 12.1 Å². The largest absolute Gasteiger partial charge is 0.464 e. The Labute approximate surface area is 178 Å². The molecule has 0 saturated carbocycles. The van der Waals surface area contributed by atoms with Gasteiger partial charge in [-0.05, 0) is 68.5 Å². The number of hydrogen-bond acceptors (Lipinski definition) is 4. The van der Waals surface area contributed by atoms with Crippen LogP contribution >= 0.6 is 0 Å². The Bertz CT molecular complexity index is 1330. The predicted octanol–water partition coefficient (Wildman–Crippen LogP) is 4.90. The monoisotopic (exact) mass is 421 g/mol. The Morgan fingerprint density at radius 3 is 2.48 bits per heavy atom.